The zero-order chi connectivity index (χ0) is 19.3. The van der Waals surface area contributed by atoms with Crippen LogP contribution < -0.4 is 0 Å². The van der Waals surface area contributed by atoms with E-state index in [4.69, 9.17) is 17.7 Å². The first-order chi connectivity index (χ1) is 12.3. The van der Waals surface area contributed by atoms with Gasteiger partial charge in [-0.15, -0.1) is 0 Å². The van der Waals surface area contributed by atoms with E-state index in [1.807, 2.05) is 0 Å². The molecule has 1 aromatic rings. The van der Waals surface area contributed by atoms with Gasteiger partial charge < -0.3 is 4.79 Å². The van der Waals surface area contributed by atoms with Gasteiger partial charge in [0.15, 0.2) is 0 Å². The quantitative estimate of drug-likeness (QED) is 0.106. The summed E-state index contributed by atoms with van der Waals surface area (Å²) in [4.78, 5) is 26.4. The van der Waals surface area contributed by atoms with Crippen molar-refractivity contribution in [3.8, 4) is 0 Å². The standard InChI is InChI=1S/C14H12N4O5S3/c15-17-16-10-4-3-9(12(8-10)26(21,22)23)7-11-13(20)18(14(24)25-11)5-1-2-6-19/h3-4,6-8H,1-2,5H2,(H,21,22,23)/b11-7-. The van der Waals surface area contributed by atoms with Crippen LogP contribution in [0.1, 0.15) is 18.4 Å². The van der Waals surface area contributed by atoms with Gasteiger partial charge in [-0.1, -0.05) is 41.2 Å². The first-order valence-electron chi connectivity index (χ1n) is 7.13. The largest absolute Gasteiger partial charge is 0.303 e. The fourth-order valence-electron chi connectivity index (χ4n) is 2.15. The number of aldehydes is 1. The maximum Gasteiger partial charge on any atom is 0.295 e. The number of benzene rings is 1. The van der Waals surface area contributed by atoms with Crippen LogP contribution in [0.5, 0.6) is 0 Å². The maximum atomic E-state index is 12.4. The third kappa shape index (κ3) is 4.68. The van der Waals surface area contributed by atoms with Crippen molar-refractivity contribution in [1.82, 2.24) is 4.90 Å². The summed E-state index contributed by atoms with van der Waals surface area (Å²) < 4.78 is 32.9. The van der Waals surface area contributed by atoms with E-state index < -0.39 is 20.9 Å². The zero-order valence-electron chi connectivity index (χ0n) is 13.1. The molecule has 0 spiro atoms. The van der Waals surface area contributed by atoms with E-state index in [-0.39, 0.29) is 22.7 Å². The van der Waals surface area contributed by atoms with E-state index in [0.717, 1.165) is 24.1 Å². The third-order valence-electron chi connectivity index (χ3n) is 3.30. The molecule has 1 N–H and O–H groups in total. The van der Waals surface area contributed by atoms with Crippen molar-refractivity contribution in [1.29, 1.82) is 0 Å². The average molecular weight is 412 g/mol. The molecule has 9 nitrogen and oxygen atoms in total. The Bertz CT molecular complexity index is 951. The van der Waals surface area contributed by atoms with Crippen molar-refractivity contribution in [2.24, 2.45) is 5.11 Å². The van der Waals surface area contributed by atoms with Gasteiger partial charge in [0.05, 0.1) is 4.91 Å². The predicted octanol–water partition coefficient (Wildman–Crippen LogP) is 3.06. The van der Waals surface area contributed by atoms with Crippen molar-refractivity contribution in [3.63, 3.8) is 0 Å². The minimum absolute atomic E-state index is 0.00122. The number of carbonyl (C=O) groups is 2. The Morgan fingerprint density at radius 3 is 2.77 bits per heavy atom. The Morgan fingerprint density at radius 1 is 1.42 bits per heavy atom. The number of nitrogens with zero attached hydrogens (tertiary/aromatic N) is 4. The van der Waals surface area contributed by atoms with Crippen molar-refractivity contribution in [2.75, 3.05) is 6.54 Å². The second kappa shape index (κ2) is 8.43. The van der Waals surface area contributed by atoms with Crippen molar-refractivity contribution < 1.29 is 22.6 Å². The van der Waals surface area contributed by atoms with Gasteiger partial charge >= 0.3 is 0 Å². The summed E-state index contributed by atoms with van der Waals surface area (Å²) in [5.41, 5.74) is 8.49. The molecule has 1 aliphatic heterocycles. The average Bonchev–Trinajstić information content (AvgIpc) is 2.83. The summed E-state index contributed by atoms with van der Waals surface area (Å²) in [5.74, 6) is -0.411. The van der Waals surface area contributed by atoms with Crippen LogP contribution in [0.25, 0.3) is 16.5 Å². The summed E-state index contributed by atoms with van der Waals surface area (Å²) in [6.07, 6.45) is 2.80. The highest BCUT2D eigenvalue weighted by Gasteiger charge is 2.32. The van der Waals surface area contributed by atoms with Crippen molar-refractivity contribution in [2.45, 2.75) is 17.7 Å². The van der Waals surface area contributed by atoms with E-state index in [1.165, 1.54) is 23.1 Å². The van der Waals surface area contributed by atoms with Gasteiger partial charge in [0.1, 0.15) is 15.5 Å². The lowest BCUT2D eigenvalue weighted by atomic mass is 10.2. The molecule has 1 amide bonds. The molecule has 0 unspecified atom stereocenters. The molecule has 0 radical (unpaired) electrons. The third-order valence-corrected chi connectivity index (χ3v) is 5.59. The predicted molar refractivity (Wildman–Crippen MR) is 100 cm³/mol. The number of rotatable bonds is 7. The molecule has 26 heavy (non-hydrogen) atoms. The highest BCUT2D eigenvalue weighted by Crippen LogP contribution is 2.34. The molecular weight excluding hydrogens is 400 g/mol. The minimum atomic E-state index is -4.61. The fraction of sp³-hybridized carbons (Fsp3) is 0.214. The minimum Gasteiger partial charge on any atom is -0.303 e. The van der Waals surface area contributed by atoms with Crippen molar-refractivity contribution >= 4 is 62.4 Å². The number of unbranched alkanes of at least 4 members (excludes halogenated alkanes) is 1. The van der Waals surface area contributed by atoms with Gasteiger partial charge in [-0.3, -0.25) is 14.2 Å². The van der Waals surface area contributed by atoms with Crippen LogP contribution in [0, 0.1) is 0 Å². The van der Waals surface area contributed by atoms with Gasteiger partial charge in [0.25, 0.3) is 16.0 Å². The smallest absolute Gasteiger partial charge is 0.295 e. The van der Waals surface area contributed by atoms with Gasteiger partial charge in [-0.25, -0.2) is 0 Å². The zero-order valence-corrected chi connectivity index (χ0v) is 15.6. The number of hydrogen-bond acceptors (Lipinski definition) is 7. The van der Waals surface area contributed by atoms with Gasteiger partial charge in [0, 0.05) is 23.6 Å². The number of azide groups is 1. The highest BCUT2D eigenvalue weighted by molar-refractivity contribution is 8.26. The topological polar surface area (TPSA) is 141 Å². The van der Waals surface area contributed by atoms with Gasteiger partial charge in [0.2, 0.25) is 0 Å². The molecule has 0 atom stereocenters. The van der Waals surface area contributed by atoms with Crippen LogP contribution in [0.4, 0.5) is 5.69 Å². The molecule has 0 aliphatic carbocycles. The van der Waals surface area contributed by atoms with Crippen LogP contribution in [-0.4, -0.2) is 40.9 Å². The molecule has 0 bridgehead atoms. The molecule has 0 saturated carbocycles. The van der Waals surface area contributed by atoms with E-state index in [9.17, 15) is 22.6 Å². The van der Waals surface area contributed by atoms with Crippen LogP contribution in [0.2, 0.25) is 0 Å². The number of hydrogen-bond donors (Lipinski definition) is 1. The van der Waals surface area contributed by atoms with Crippen LogP contribution in [0.3, 0.4) is 0 Å². The monoisotopic (exact) mass is 412 g/mol. The number of carbonyl (C=O) groups excluding carboxylic acids is 2. The molecule has 1 aromatic carbocycles. The van der Waals surface area contributed by atoms with Crippen LogP contribution in [-0.2, 0) is 19.7 Å². The molecular formula is C14H12N4O5S3. The normalized spacial score (nSPS) is 16.0. The molecule has 0 aromatic heterocycles. The second-order valence-corrected chi connectivity index (χ2v) is 8.09. The maximum absolute atomic E-state index is 12.4. The van der Waals surface area contributed by atoms with E-state index in [0.29, 0.717) is 17.2 Å². The molecule has 1 heterocycles. The van der Waals surface area contributed by atoms with Crippen molar-refractivity contribution in [3.05, 3.63) is 39.1 Å². The molecule has 12 heteroatoms. The van der Waals surface area contributed by atoms with E-state index in [1.54, 1.807) is 0 Å². The Hall–Kier alpha value is -2.24. The summed E-state index contributed by atoms with van der Waals surface area (Å²) in [7, 11) is -4.61. The first-order valence-corrected chi connectivity index (χ1v) is 9.80. The SMILES string of the molecule is [N-]=[N+]=Nc1ccc(/C=C2\SC(=S)N(CCCC=O)C2=O)c(S(=O)(=O)O)c1. The van der Waals surface area contributed by atoms with E-state index >= 15 is 0 Å². The summed E-state index contributed by atoms with van der Waals surface area (Å²) in [6, 6.07) is 3.67. The Labute approximate surface area is 158 Å². The molecule has 1 saturated heterocycles. The molecule has 1 fully saturated rings. The molecule has 136 valence electrons. The first kappa shape index (κ1) is 20.1. The molecule has 1 aliphatic rings. The van der Waals surface area contributed by atoms with Crippen LogP contribution in [0.15, 0.2) is 33.1 Å². The lowest BCUT2D eigenvalue weighted by molar-refractivity contribution is -0.122. The van der Waals surface area contributed by atoms with E-state index in [2.05, 4.69) is 10.0 Å². The summed E-state index contributed by atoms with van der Waals surface area (Å²) >= 11 is 6.13. The van der Waals surface area contributed by atoms with Gasteiger partial charge in [-0.2, -0.15) is 8.42 Å². The summed E-state index contributed by atoms with van der Waals surface area (Å²) in [6.45, 7) is 0.279. The lowest BCUT2D eigenvalue weighted by Crippen LogP contribution is -2.29. The number of thioether (sulfide) groups is 1. The van der Waals surface area contributed by atoms with Crippen LogP contribution >= 0.6 is 24.0 Å². The number of thiocarbonyl (C=S) groups is 1. The second-order valence-electron chi connectivity index (χ2n) is 5.03. The highest BCUT2D eigenvalue weighted by atomic mass is 32.2. The Balaban J connectivity index is 2.40. The fourth-order valence-corrected chi connectivity index (χ4v) is 4.14. The Morgan fingerprint density at radius 2 is 2.15 bits per heavy atom. The Kier molecular flexibility index (Phi) is 6.51. The molecule has 2 rings (SSSR count). The van der Waals surface area contributed by atoms with Gasteiger partial charge in [-0.05, 0) is 29.7 Å². The number of amides is 1. The lowest BCUT2D eigenvalue weighted by Gasteiger charge is -2.12. The summed E-state index contributed by atoms with van der Waals surface area (Å²) in [5, 5.41) is 3.29.